The molecule has 0 unspecified atom stereocenters. The Kier molecular flexibility index (Phi) is 8.26. The van der Waals surface area contributed by atoms with Crippen LogP contribution in [0.15, 0.2) is 0 Å². The Morgan fingerprint density at radius 1 is 1.00 bits per heavy atom. The third-order valence-electron chi connectivity index (χ3n) is 5.32. The van der Waals surface area contributed by atoms with Crippen LogP contribution >= 0.6 is 0 Å². The molecule has 3 atom stereocenters. The van der Waals surface area contributed by atoms with Crippen LogP contribution in [0.5, 0.6) is 0 Å². The Labute approximate surface area is 133 Å². The van der Waals surface area contributed by atoms with Crippen LogP contribution in [-0.4, -0.2) is 35.7 Å². The second kappa shape index (κ2) is 9.15. The molecule has 1 aliphatic rings. The van der Waals surface area contributed by atoms with Crippen LogP contribution in [-0.2, 0) is 0 Å². The van der Waals surface area contributed by atoms with Crippen molar-refractivity contribution in [3.63, 3.8) is 0 Å². The van der Waals surface area contributed by atoms with Crippen LogP contribution in [0.1, 0.15) is 79.6 Å². The molecule has 0 bridgehead atoms. The minimum atomic E-state index is -0.0747. The summed E-state index contributed by atoms with van der Waals surface area (Å²) >= 11 is 0. The van der Waals surface area contributed by atoms with E-state index < -0.39 is 0 Å². The highest BCUT2D eigenvalue weighted by Gasteiger charge is 2.35. The number of unbranched alkanes of at least 4 members (excludes halogenated alkanes) is 2. The van der Waals surface area contributed by atoms with E-state index in [-0.39, 0.29) is 6.10 Å². The van der Waals surface area contributed by atoms with Crippen LogP contribution in [0.2, 0.25) is 0 Å². The monoisotopic (exact) mass is 297 g/mol. The summed E-state index contributed by atoms with van der Waals surface area (Å²) < 4.78 is 0. The van der Waals surface area contributed by atoms with E-state index in [0.717, 1.165) is 18.9 Å². The molecular formula is C19H39NO. The molecule has 0 spiro atoms. The standard InChI is InChI=1S/C19H39NO/c1-6-8-12-20(13-9-7-2)15-16-14-17(19(3,4)5)10-11-18(16)21/h16-18,21H,6-15H2,1-5H3/t16-,17-,18-/m0/s1. The van der Waals surface area contributed by atoms with Gasteiger partial charge in [0.2, 0.25) is 0 Å². The topological polar surface area (TPSA) is 23.5 Å². The maximum atomic E-state index is 10.4. The molecule has 0 heterocycles. The summed E-state index contributed by atoms with van der Waals surface area (Å²) in [6, 6.07) is 0. The maximum absolute atomic E-state index is 10.4. The van der Waals surface area contributed by atoms with Crippen molar-refractivity contribution in [3.8, 4) is 0 Å². The summed E-state index contributed by atoms with van der Waals surface area (Å²) in [6.07, 6.45) is 8.44. The van der Waals surface area contributed by atoms with Crippen molar-refractivity contribution in [3.05, 3.63) is 0 Å². The van der Waals surface area contributed by atoms with Gasteiger partial charge in [-0.05, 0) is 62.4 Å². The minimum Gasteiger partial charge on any atom is -0.393 e. The first-order chi connectivity index (χ1) is 9.88. The van der Waals surface area contributed by atoms with Crippen LogP contribution in [0.4, 0.5) is 0 Å². The lowest BCUT2D eigenvalue weighted by Crippen LogP contribution is -2.42. The van der Waals surface area contributed by atoms with Crippen molar-refractivity contribution in [2.24, 2.45) is 17.3 Å². The van der Waals surface area contributed by atoms with Gasteiger partial charge in [0.15, 0.2) is 0 Å². The quantitative estimate of drug-likeness (QED) is 0.701. The molecule has 0 aromatic carbocycles. The second-order valence-corrected chi connectivity index (χ2v) is 8.21. The van der Waals surface area contributed by atoms with Crippen molar-refractivity contribution in [1.82, 2.24) is 4.90 Å². The fraction of sp³-hybridized carbons (Fsp3) is 1.00. The summed E-state index contributed by atoms with van der Waals surface area (Å²) in [7, 11) is 0. The van der Waals surface area contributed by atoms with Gasteiger partial charge in [-0.15, -0.1) is 0 Å². The first kappa shape index (κ1) is 19.0. The van der Waals surface area contributed by atoms with E-state index in [1.165, 1.54) is 51.6 Å². The third-order valence-corrected chi connectivity index (χ3v) is 5.32. The van der Waals surface area contributed by atoms with Gasteiger partial charge in [0, 0.05) is 6.54 Å². The summed E-state index contributed by atoms with van der Waals surface area (Å²) in [5, 5.41) is 10.4. The summed E-state index contributed by atoms with van der Waals surface area (Å²) in [4.78, 5) is 2.62. The van der Waals surface area contributed by atoms with Crippen molar-refractivity contribution in [2.75, 3.05) is 19.6 Å². The van der Waals surface area contributed by atoms with Gasteiger partial charge in [0.05, 0.1) is 6.10 Å². The van der Waals surface area contributed by atoms with Gasteiger partial charge in [0.1, 0.15) is 0 Å². The smallest absolute Gasteiger partial charge is 0.0580 e. The Morgan fingerprint density at radius 2 is 1.57 bits per heavy atom. The van der Waals surface area contributed by atoms with Crippen molar-refractivity contribution in [1.29, 1.82) is 0 Å². The van der Waals surface area contributed by atoms with E-state index in [1.807, 2.05) is 0 Å². The molecule has 1 N–H and O–H groups in total. The Morgan fingerprint density at radius 3 is 2.05 bits per heavy atom. The number of aliphatic hydroxyl groups excluding tert-OH is 1. The van der Waals surface area contributed by atoms with Gasteiger partial charge >= 0.3 is 0 Å². The van der Waals surface area contributed by atoms with E-state index in [2.05, 4.69) is 39.5 Å². The van der Waals surface area contributed by atoms with Gasteiger partial charge < -0.3 is 10.0 Å². The fourth-order valence-electron chi connectivity index (χ4n) is 3.62. The SMILES string of the molecule is CCCCN(CCCC)C[C@@H]1C[C@@H](C(C)(C)C)CC[C@@H]1O. The zero-order valence-electron chi connectivity index (χ0n) is 15.2. The minimum absolute atomic E-state index is 0.0747. The molecule has 1 saturated carbocycles. The molecular weight excluding hydrogens is 258 g/mol. The van der Waals surface area contributed by atoms with Crippen molar-refractivity contribution >= 4 is 0 Å². The number of hydrogen-bond acceptors (Lipinski definition) is 2. The van der Waals surface area contributed by atoms with Crippen LogP contribution in [0.3, 0.4) is 0 Å². The lowest BCUT2D eigenvalue weighted by Gasteiger charge is -2.41. The highest BCUT2D eigenvalue weighted by molar-refractivity contribution is 4.87. The molecule has 0 radical (unpaired) electrons. The first-order valence-corrected chi connectivity index (χ1v) is 9.28. The van der Waals surface area contributed by atoms with E-state index in [1.54, 1.807) is 0 Å². The molecule has 2 heteroatoms. The predicted molar refractivity (Wildman–Crippen MR) is 92.5 cm³/mol. The second-order valence-electron chi connectivity index (χ2n) is 8.21. The lowest BCUT2D eigenvalue weighted by atomic mass is 9.68. The van der Waals surface area contributed by atoms with Crippen LogP contribution in [0, 0.1) is 17.3 Å². The fourth-order valence-corrected chi connectivity index (χ4v) is 3.62. The summed E-state index contributed by atoms with van der Waals surface area (Å²) in [5.41, 5.74) is 0.385. The molecule has 2 nitrogen and oxygen atoms in total. The molecule has 1 aliphatic carbocycles. The Hall–Kier alpha value is -0.0800. The van der Waals surface area contributed by atoms with Crippen molar-refractivity contribution in [2.45, 2.75) is 85.7 Å². The van der Waals surface area contributed by atoms with Crippen molar-refractivity contribution < 1.29 is 5.11 Å². The Bertz CT molecular complexity index is 263. The molecule has 0 saturated heterocycles. The zero-order chi connectivity index (χ0) is 15.9. The number of nitrogens with zero attached hydrogens (tertiary/aromatic N) is 1. The molecule has 21 heavy (non-hydrogen) atoms. The molecule has 126 valence electrons. The Balaban J connectivity index is 2.57. The van der Waals surface area contributed by atoms with E-state index >= 15 is 0 Å². The first-order valence-electron chi connectivity index (χ1n) is 9.28. The molecule has 0 aromatic heterocycles. The largest absolute Gasteiger partial charge is 0.393 e. The third kappa shape index (κ3) is 6.69. The normalized spacial score (nSPS) is 27.3. The molecule has 1 rings (SSSR count). The molecule has 1 fully saturated rings. The lowest BCUT2D eigenvalue weighted by molar-refractivity contribution is 0.00291. The average molecular weight is 298 g/mol. The summed E-state index contributed by atoms with van der Waals surface area (Å²) in [6.45, 7) is 15.1. The zero-order valence-corrected chi connectivity index (χ0v) is 15.2. The van der Waals surface area contributed by atoms with Crippen LogP contribution < -0.4 is 0 Å². The number of rotatable bonds is 8. The highest BCUT2D eigenvalue weighted by atomic mass is 16.3. The number of hydrogen-bond donors (Lipinski definition) is 1. The predicted octanol–water partition coefficient (Wildman–Crippen LogP) is 4.71. The van der Waals surface area contributed by atoms with Gasteiger partial charge in [-0.25, -0.2) is 0 Å². The average Bonchev–Trinajstić information content (AvgIpc) is 2.42. The van der Waals surface area contributed by atoms with Gasteiger partial charge in [-0.1, -0.05) is 47.5 Å². The van der Waals surface area contributed by atoms with E-state index in [9.17, 15) is 5.11 Å². The summed E-state index contributed by atoms with van der Waals surface area (Å²) in [5.74, 6) is 1.25. The molecule has 0 amide bonds. The maximum Gasteiger partial charge on any atom is 0.0580 e. The molecule has 0 aliphatic heterocycles. The van der Waals surface area contributed by atoms with Gasteiger partial charge in [-0.2, -0.15) is 0 Å². The van der Waals surface area contributed by atoms with Crippen LogP contribution in [0.25, 0.3) is 0 Å². The molecule has 0 aromatic rings. The van der Waals surface area contributed by atoms with Gasteiger partial charge in [0.25, 0.3) is 0 Å². The van der Waals surface area contributed by atoms with Gasteiger partial charge in [-0.3, -0.25) is 0 Å². The van der Waals surface area contributed by atoms with E-state index in [0.29, 0.717) is 11.3 Å². The van der Waals surface area contributed by atoms with E-state index in [4.69, 9.17) is 0 Å². The highest BCUT2D eigenvalue weighted by Crippen LogP contribution is 2.40. The number of aliphatic hydroxyl groups is 1.